The summed E-state index contributed by atoms with van der Waals surface area (Å²) in [6.07, 6.45) is 3.07. The van der Waals surface area contributed by atoms with Crippen molar-refractivity contribution in [2.24, 2.45) is 0 Å². The molecule has 32 heavy (non-hydrogen) atoms. The van der Waals surface area contributed by atoms with Gasteiger partial charge in [0.1, 0.15) is 18.5 Å². The van der Waals surface area contributed by atoms with E-state index < -0.39 is 15.8 Å². The van der Waals surface area contributed by atoms with Crippen LogP contribution in [0.4, 0.5) is 15.8 Å². The first-order valence-electron chi connectivity index (χ1n) is 9.50. The first kappa shape index (κ1) is 21.2. The number of halogens is 1. The number of hydrogen-bond acceptors (Lipinski definition) is 5. The first-order valence-corrected chi connectivity index (χ1v) is 11.0. The molecule has 3 aromatic carbocycles. The van der Waals surface area contributed by atoms with Crippen molar-refractivity contribution in [2.75, 3.05) is 10.0 Å². The van der Waals surface area contributed by atoms with E-state index in [0.717, 1.165) is 17.7 Å². The lowest BCUT2D eigenvalue weighted by Gasteiger charge is -2.10. The Hall–Kier alpha value is -4.05. The second-order valence-corrected chi connectivity index (χ2v) is 8.56. The number of nitrogens with zero attached hydrogens (tertiary/aromatic N) is 3. The number of amides is 1. The Balaban J connectivity index is 1.37. The molecular formula is C22H18FN5O3S. The molecule has 0 fully saturated rings. The number of sulfonamides is 1. The van der Waals surface area contributed by atoms with Gasteiger partial charge in [-0.15, -0.1) is 0 Å². The number of aromatic nitrogens is 3. The van der Waals surface area contributed by atoms with Crippen molar-refractivity contribution >= 4 is 27.3 Å². The van der Waals surface area contributed by atoms with Crippen molar-refractivity contribution < 1.29 is 17.6 Å². The van der Waals surface area contributed by atoms with E-state index >= 15 is 0 Å². The number of anilines is 2. The minimum Gasteiger partial charge on any atom is -0.322 e. The lowest BCUT2D eigenvalue weighted by atomic mass is 10.1. The van der Waals surface area contributed by atoms with E-state index in [1.807, 2.05) is 12.1 Å². The maximum absolute atomic E-state index is 13.0. The molecule has 0 saturated carbocycles. The third-order valence-electron chi connectivity index (χ3n) is 4.55. The number of rotatable bonds is 7. The van der Waals surface area contributed by atoms with Crippen molar-refractivity contribution in [3.8, 4) is 0 Å². The number of carbonyl (C=O) groups is 1. The van der Waals surface area contributed by atoms with Crippen molar-refractivity contribution in [3.05, 3.63) is 102 Å². The molecule has 0 aliphatic heterocycles. The van der Waals surface area contributed by atoms with Crippen LogP contribution in [0.25, 0.3) is 0 Å². The molecule has 8 nitrogen and oxygen atoms in total. The summed E-state index contributed by atoms with van der Waals surface area (Å²) in [5.74, 6) is -0.814. The average Bonchev–Trinajstić information content (AvgIpc) is 3.29. The van der Waals surface area contributed by atoms with Crippen LogP contribution in [0, 0.1) is 5.82 Å². The maximum atomic E-state index is 13.0. The van der Waals surface area contributed by atoms with Gasteiger partial charge in [-0.3, -0.25) is 9.52 Å². The summed E-state index contributed by atoms with van der Waals surface area (Å²) < 4.78 is 41.9. The van der Waals surface area contributed by atoms with Crippen molar-refractivity contribution in [3.63, 3.8) is 0 Å². The lowest BCUT2D eigenvalue weighted by Crippen LogP contribution is -2.14. The highest BCUT2D eigenvalue weighted by Crippen LogP contribution is 2.19. The average molecular weight is 451 g/mol. The van der Waals surface area contributed by atoms with Gasteiger partial charge in [0.05, 0.1) is 11.4 Å². The Bertz CT molecular complexity index is 1310. The predicted octanol–water partition coefficient (Wildman–Crippen LogP) is 3.52. The Morgan fingerprint density at radius 2 is 1.56 bits per heavy atom. The first-order chi connectivity index (χ1) is 15.4. The highest BCUT2D eigenvalue weighted by Gasteiger charge is 2.14. The van der Waals surface area contributed by atoms with E-state index in [9.17, 15) is 17.6 Å². The summed E-state index contributed by atoms with van der Waals surface area (Å²) in [5.41, 5.74) is 2.27. The van der Waals surface area contributed by atoms with E-state index in [4.69, 9.17) is 0 Å². The lowest BCUT2D eigenvalue weighted by molar-refractivity contribution is 0.102. The molecule has 0 saturated heterocycles. The predicted molar refractivity (Wildman–Crippen MR) is 117 cm³/mol. The summed E-state index contributed by atoms with van der Waals surface area (Å²) in [4.78, 5) is 16.3. The molecule has 1 amide bonds. The van der Waals surface area contributed by atoms with Gasteiger partial charge >= 0.3 is 0 Å². The third-order valence-corrected chi connectivity index (χ3v) is 5.94. The summed E-state index contributed by atoms with van der Waals surface area (Å²) in [6.45, 7) is 0.553. The molecule has 0 radical (unpaired) electrons. The Labute approximate surface area is 183 Å². The van der Waals surface area contributed by atoms with Crippen LogP contribution < -0.4 is 10.0 Å². The van der Waals surface area contributed by atoms with Crippen LogP contribution in [0.3, 0.4) is 0 Å². The quantitative estimate of drug-likeness (QED) is 0.447. The van der Waals surface area contributed by atoms with Gasteiger partial charge in [-0.25, -0.2) is 22.5 Å². The van der Waals surface area contributed by atoms with Crippen LogP contribution >= 0.6 is 0 Å². The molecule has 0 unspecified atom stereocenters. The normalized spacial score (nSPS) is 11.2. The Kier molecular flexibility index (Phi) is 5.95. The van der Waals surface area contributed by atoms with E-state index in [1.165, 1.54) is 30.6 Å². The van der Waals surface area contributed by atoms with Gasteiger partial charge in [0.2, 0.25) is 0 Å². The molecule has 0 spiro atoms. The molecule has 0 aliphatic rings. The fourth-order valence-electron chi connectivity index (χ4n) is 2.92. The van der Waals surface area contributed by atoms with Crippen molar-refractivity contribution in [1.82, 2.24) is 14.8 Å². The smallest absolute Gasteiger partial charge is 0.261 e. The highest BCUT2D eigenvalue weighted by molar-refractivity contribution is 7.92. The minimum absolute atomic E-state index is 0.0523. The summed E-state index contributed by atoms with van der Waals surface area (Å²) in [7, 11) is -3.85. The van der Waals surface area contributed by atoms with Crippen LogP contribution in [0.1, 0.15) is 15.9 Å². The Morgan fingerprint density at radius 1 is 0.906 bits per heavy atom. The standard InChI is InChI=1S/C22H18FN5O3S/c23-18-5-11-21(12-6-18)32(30,31)27-20-9-7-19(8-10-20)26-22(29)17-3-1-16(2-4-17)13-28-15-24-14-25-28/h1-12,14-15,27H,13H2,(H,26,29). The second kappa shape index (κ2) is 8.98. The van der Waals surface area contributed by atoms with E-state index in [0.29, 0.717) is 23.5 Å². The second-order valence-electron chi connectivity index (χ2n) is 6.88. The van der Waals surface area contributed by atoms with Gasteiger partial charge in [0, 0.05) is 16.9 Å². The molecule has 2 N–H and O–H groups in total. The monoisotopic (exact) mass is 451 g/mol. The molecule has 1 aromatic heterocycles. The number of hydrogen-bond donors (Lipinski definition) is 2. The topological polar surface area (TPSA) is 106 Å². The molecule has 0 bridgehead atoms. The fraction of sp³-hybridized carbons (Fsp3) is 0.0455. The zero-order chi connectivity index (χ0) is 22.6. The van der Waals surface area contributed by atoms with Gasteiger partial charge in [-0.05, 0) is 66.2 Å². The largest absolute Gasteiger partial charge is 0.322 e. The fourth-order valence-corrected chi connectivity index (χ4v) is 3.97. The van der Waals surface area contributed by atoms with E-state index in [2.05, 4.69) is 20.1 Å². The SMILES string of the molecule is O=C(Nc1ccc(NS(=O)(=O)c2ccc(F)cc2)cc1)c1ccc(Cn2cncn2)cc1. The third kappa shape index (κ3) is 5.16. The molecule has 4 rings (SSSR count). The maximum Gasteiger partial charge on any atom is 0.261 e. The zero-order valence-electron chi connectivity index (χ0n) is 16.6. The van der Waals surface area contributed by atoms with Gasteiger partial charge < -0.3 is 5.32 Å². The van der Waals surface area contributed by atoms with Crippen molar-refractivity contribution in [2.45, 2.75) is 11.4 Å². The molecule has 0 atom stereocenters. The summed E-state index contributed by atoms with van der Waals surface area (Å²) in [5, 5.41) is 6.81. The minimum atomic E-state index is -3.85. The van der Waals surface area contributed by atoms with Crippen LogP contribution in [0.15, 0.2) is 90.3 Å². The molecule has 0 aliphatic carbocycles. The molecule has 162 valence electrons. The van der Waals surface area contributed by atoms with Crippen LogP contribution in [-0.2, 0) is 16.6 Å². The Morgan fingerprint density at radius 3 is 2.19 bits per heavy atom. The highest BCUT2D eigenvalue weighted by atomic mass is 32.2. The zero-order valence-corrected chi connectivity index (χ0v) is 17.5. The summed E-state index contributed by atoms with van der Waals surface area (Å²) in [6, 6.07) is 17.8. The van der Waals surface area contributed by atoms with Gasteiger partial charge in [-0.2, -0.15) is 5.10 Å². The number of nitrogens with one attached hydrogen (secondary N) is 2. The van der Waals surface area contributed by atoms with Crippen LogP contribution in [0.5, 0.6) is 0 Å². The van der Waals surface area contributed by atoms with Crippen molar-refractivity contribution in [1.29, 1.82) is 0 Å². The summed E-state index contributed by atoms with van der Waals surface area (Å²) >= 11 is 0. The molecule has 10 heteroatoms. The van der Waals surface area contributed by atoms with E-state index in [1.54, 1.807) is 35.3 Å². The van der Waals surface area contributed by atoms with Gasteiger partial charge in [-0.1, -0.05) is 12.1 Å². The van der Waals surface area contributed by atoms with Crippen LogP contribution in [0.2, 0.25) is 0 Å². The molecular weight excluding hydrogens is 433 g/mol. The van der Waals surface area contributed by atoms with Gasteiger partial charge in [0.15, 0.2) is 0 Å². The van der Waals surface area contributed by atoms with Crippen LogP contribution in [-0.4, -0.2) is 29.1 Å². The van der Waals surface area contributed by atoms with E-state index in [-0.39, 0.29) is 10.8 Å². The molecule has 1 heterocycles. The number of benzene rings is 3. The molecule has 4 aromatic rings. The number of carbonyl (C=O) groups excluding carboxylic acids is 1. The van der Waals surface area contributed by atoms with Gasteiger partial charge in [0.25, 0.3) is 15.9 Å².